The highest BCUT2D eigenvalue weighted by Gasteiger charge is 2.51. The van der Waals surface area contributed by atoms with Gasteiger partial charge in [-0.1, -0.05) is 18.2 Å². The van der Waals surface area contributed by atoms with Crippen molar-refractivity contribution in [2.45, 2.75) is 69.6 Å². The molecule has 2 aromatic carbocycles. The summed E-state index contributed by atoms with van der Waals surface area (Å²) in [7, 11) is 0. The fourth-order valence-corrected chi connectivity index (χ4v) is 7.45. The maximum atomic E-state index is 12.8. The summed E-state index contributed by atoms with van der Waals surface area (Å²) in [6.45, 7) is 0. The summed E-state index contributed by atoms with van der Waals surface area (Å²) in [6, 6.07) is 15.1. The van der Waals surface area contributed by atoms with Gasteiger partial charge in [-0.15, -0.1) is 0 Å². The van der Waals surface area contributed by atoms with E-state index in [0.717, 1.165) is 41.8 Å². The summed E-state index contributed by atoms with van der Waals surface area (Å²) >= 11 is 0. The number of anilines is 1. The van der Waals surface area contributed by atoms with Crippen LogP contribution in [0.25, 0.3) is 0 Å². The molecule has 4 bridgehead atoms. The summed E-state index contributed by atoms with van der Waals surface area (Å²) < 4.78 is 0. The number of hydrogen-bond acceptors (Lipinski definition) is 1. The number of rotatable bonds is 3. The molecular weight excluding hydrogens is 354 g/mol. The molecule has 2 heteroatoms. The molecule has 1 N–H and O–H groups in total. The Bertz CT molecular complexity index is 906. The van der Waals surface area contributed by atoms with E-state index in [-0.39, 0.29) is 5.91 Å². The third-order valence-electron chi connectivity index (χ3n) is 8.40. The Morgan fingerprint density at radius 1 is 0.793 bits per heavy atom. The first-order chi connectivity index (χ1) is 14.2. The molecule has 5 aliphatic carbocycles. The molecule has 4 saturated carbocycles. The molecule has 4 fully saturated rings. The van der Waals surface area contributed by atoms with E-state index in [0.29, 0.717) is 5.41 Å². The number of amides is 1. The molecule has 0 saturated heterocycles. The second kappa shape index (κ2) is 6.72. The van der Waals surface area contributed by atoms with Crippen LogP contribution in [0.1, 0.15) is 78.4 Å². The minimum Gasteiger partial charge on any atom is -0.322 e. The van der Waals surface area contributed by atoms with Crippen LogP contribution in [0.15, 0.2) is 42.5 Å². The Kier molecular flexibility index (Phi) is 4.11. The van der Waals surface area contributed by atoms with Crippen LogP contribution in [0.3, 0.4) is 0 Å². The van der Waals surface area contributed by atoms with Gasteiger partial charge in [0.2, 0.25) is 0 Å². The molecule has 1 amide bonds. The zero-order chi connectivity index (χ0) is 19.4. The van der Waals surface area contributed by atoms with Gasteiger partial charge in [-0.2, -0.15) is 0 Å². The molecule has 5 aliphatic rings. The molecule has 0 atom stereocenters. The number of carbonyl (C=O) groups excluding carboxylic acids is 1. The SMILES string of the molecule is O=C(Nc1ccc(C23CC4CC(CC(C4)C2)C3)cc1)c1ccc2c(c1)CCCC2. The molecule has 0 heterocycles. The van der Waals surface area contributed by atoms with Gasteiger partial charge in [-0.3, -0.25) is 4.79 Å². The van der Waals surface area contributed by atoms with Crippen molar-refractivity contribution in [1.29, 1.82) is 0 Å². The van der Waals surface area contributed by atoms with E-state index < -0.39 is 0 Å². The van der Waals surface area contributed by atoms with Crippen LogP contribution in [-0.4, -0.2) is 5.91 Å². The lowest BCUT2D eigenvalue weighted by molar-refractivity contribution is -0.00518. The van der Waals surface area contributed by atoms with E-state index in [1.165, 1.54) is 68.1 Å². The molecule has 0 aliphatic heterocycles. The third kappa shape index (κ3) is 3.12. The number of carbonyl (C=O) groups is 1. The van der Waals surface area contributed by atoms with E-state index >= 15 is 0 Å². The summed E-state index contributed by atoms with van der Waals surface area (Å²) in [5, 5.41) is 3.13. The van der Waals surface area contributed by atoms with Crippen molar-refractivity contribution in [3.63, 3.8) is 0 Å². The zero-order valence-electron chi connectivity index (χ0n) is 17.3. The molecule has 7 rings (SSSR count). The van der Waals surface area contributed by atoms with Gasteiger partial charge in [-0.25, -0.2) is 0 Å². The molecule has 2 nitrogen and oxygen atoms in total. The number of fused-ring (bicyclic) bond motifs is 1. The normalized spacial score (nSPS) is 32.1. The summed E-state index contributed by atoms with van der Waals surface area (Å²) in [5.74, 6) is 2.90. The largest absolute Gasteiger partial charge is 0.322 e. The highest BCUT2D eigenvalue weighted by atomic mass is 16.1. The number of nitrogens with one attached hydrogen (secondary N) is 1. The minimum atomic E-state index is 0.0147. The lowest BCUT2D eigenvalue weighted by Gasteiger charge is -2.57. The quantitative estimate of drug-likeness (QED) is 0.661. The van der Waals surface area contributed by atoms with Crippen LogP contribution < -0.4 is 5.32 Å². The summed E-state index contributed by atoms with van der Waals surface area (Å²) in [5.41, 5.74) is 6.43. The van der Waals surface area contributed by atoms with E-state index in [2.05, 4.69) is 41.7 Å². The Hall–Kier alpha value is -2.09. The Labute approximate surface area is 174 Å². The lowest BCUT2D eigenvalue weighted by Crippen LogP contribution is -2.48. The Morgan fingerprint density at radius 3 is 2.07 bits per heavy atom. The number of aryl methyl sites for hydroxylation is 2. The lowest BCUT2D eigenvalue weighted by atomic mass is 9.48. The fourth-order valence-electron chi connectivity index (χ4n) is 7.45. The van der Waals surface area contributed by atoms with Gasteiger partial charge in [0.05, 0.1) is 0 Å². The van der Waals surface area contributed by atoms with E-state index in [1.54, 1.807) is 0 Å². The Balaban J connectivity index is 1.19. The standard InChI is InChI=1S/C27H31NO/c29-26(23-6-5-21-3-1-2-4-22(21)14-23)28-25-9-7-24(8-10-25)27-15-18-11-19(16-27)13-20(12-18)17-27/h5-10,14,18-20H,1-4,11-13,15-17H2,(H,28,29). The first-order valence-corrected chi connectivity index (χ1v) is 11.7. The van der Waals surface area contributed by atoms with E-state index in [1.807, 2.05) is 6.07 Å². The molecular formula is C27H31NO. The van der Waals surface area contributed by atoms with Gasteiger partial charge in [-0.05, 0) is 128 Å². The fraction of sp³-hybridized carbons (Fsp3) is 0.519. The van der Waals surface area contributed by atoms with Crippen molar-refractivity contribution in [2.75, 3.05) is 5.32 Å². The molecule has 150 valence electrons. The highest BCUT2D eigenvalue weighted by Crippen LogP contribution is 2.60. The van der Waals surface area contributed by atoms with Crippen molar-refractivity contribution in [3.05, 3.63) is 64.7 Å². The zero-order valence-corrected chi connectivity index (χ0v) is 17.3. The van der Waals surface area contributed by atoms with Gasteiger partial charge in [0, 0.05) is 11.3 Å². The number of hydrogen-bond donors (Lipinski definition) is 1. The third-order valence-corrected chi connectivity index (χ3v) is 8.40. The van der Waals surface area contributed by atoms with Crippen LogP contribution >= 0.6 is 0 Å². The second-order valence-electron chi connectivity index (χ2n) is 10.4. The average Bonchev–Trinajstić information content (AvgIpc) is 2.73. The van der Waals surface area contributed by atoms with Crippen LogP contribution in [0.5, 0.6) is 0 Å². The first-order valence-electron chi connectivity index (χ1n) is 11.7. The van der Waals surface area contributed by atoms with Crippen molar-refractivity contribution in [1.82, 2.24) is 0 Å². The maximum absolute atomic E-state index is 12.8. The molecule has 29 heavy (non-hydrogen) atoms. The first kappa shape index (κ1) is 17.7. The van der Waals surface area contributed by atoms with Crippen molar-refractivity contribution < 1.29 is 4.79 Å². The van der Waals surface area contributed by atoms with Crippen molar-refractivity contribution in [3.8, 4) is 0 Å². The van der Waals surface area contributed by atoms with Crippen LogP contribution in [0, 0.1) is 17.8 Å². The molecule has 0 aromatic heterocycles. The van der Waals surface area contributed by atoms with E-state index in [4.69, 9.17) is 0 Å². The predicted octanol–water partition coefficient (Wildman–Crippen LogP) is 6.29. The van der Waals surface area contributed by atoms with Gasteiger partial charge >= 0.3 is 0 Å². The van der Waals surface area contributed by atoms with Gasteiger partial charge in [0.25, 0.3) is 5.91 Å². The average molecular weight is 386 g/mol. The molecule has 0 radical (unpaired) electrons. The van der Waals surface area contributed by atoms with Crippen LogP contribution in [-0.2, 0) is 18.3 Å². The monoisotopic (exact) mass is 385 g/mol. The predicted molar refractivity (Wildman–Crippen MR) is 117 cm³/mol. The topological polar surface area (TPSA) is 29.1 Å². The van der Waals surface area contributed by atoms with Gasteiger partial charge in [0.15, 0.2) is 0 Å². The van der Waals surface area contributed by atoms with Crippen LogP contribution in [0.4, 0.5) is 5.69 Å². The minimum absolute atomic E-state index is 0.0147. The van der Waals surface area contributed by atoms with E-state index in [9.17, 15) is 4.79 Å². The van der Waals surface area contributed by atoms with Crippen molar-refractivity contribution >= 4 is 11.6 Å². The van der Waals surface area contributed by atoms with Crippen LogP contribution in [0.2, 0.25) is 0 Å². The van der Waals surface area contributed by atoms with Crippen molar-refractivity contribution in [2.24, 2.45) is 17.8 Å². The highest BCUT2D eigenvalue weighted by molar-refractivity contribution is 6.04. The molecule has 0 unspecified atom stereocenters. The smallest absolute Gasteiger partial charge is 0.255 e. The molecule has 0 spiro atoms. The summed E-state index contributed by atoms with van der Waals surface area (Å²) in [4.78, 5) is 12.8. The second-order valence-corrected chi connectivity index (χ2v) is 10.4. The van der Waals surface area contributed by atoms with Gasteiger partial charge < -0.3 is 5.32 Å². The Morgan fingerprint density at radius 2 is 1.41 bits per heavy atom. The molecule has 2 aromatic rings. The number of benzene rings is 2. The van der Waals surface area contributed by atoms with Gasteiger partial charge in [0.1, 0.15) is 0 Å². The summed E-state index contributed by atoms with van der Waals surface area (Å²) in [6.07, 6.45) is 13.4. The maximum Gasteiger partial charge on any atom is 0.255 e.